The van der Waals surface area contributed by atoms with Crippen molar-refractivity contribution in [1.82, 2.24) is 9.38 Å². The van der Waals surface area contributed by atoms with Crippen LogP contribution in [0.1, 0.15) is 50.6 Å². The Hall–Kier alpha value is -1.06. The van der Waals surface area contributed by atoms with E-state index in [0.717, 1.165) is 17.0 Å². The van der Waals surface area contributed by atoms with Crippen molar-refractivity contribution in [2.45, 2.75) is 39.2 Å². The van der Waals surface area contributed by atoms with E-state index in [-0.39, 0.29) is 5.92 Å². The molecule has 0 radical (unpaired) electrons. The first kappa shape index (κ1) is 12.4. The van der Waals surface area contributed by atoms with Gasteiger partial charge in [0.25, 0.3) is 0 Å². The van der Waals surface area contributed by atoms with Crippen molar-refractivity contribution in [2.24, 2.45) is 0 Å². The van der Waals surface area contributed by atoms with E-state index in [4.69, 9.17) is 11.6 Å². The van der Waals surface area contributed by atoms with Gasteiger partial charge in [0.15, 0.2) is 0 Å². The molecule has 2 rings (SSSR count). The molecule has 0 aliphatic carbocycles. The SMILES string of the molecule is CCC(O)c1c(C(C)C)nc2ccc(Cl)cn12. The lowest BCUT2D eigenvalue weighted by Crippen LogP contribution is -2.05. The zero-order valence-corrected chi connectivity index (χ0v) is 11.1. The van der Waals surface area contributed by atoms with Gasteiger partial charge in [-0.2, -0.15) is 0 Å². The lowest BCUT2D eigenvalue weighted by molar-refractivity contribution is 0.166. The largest absolute Gasteiger partial charge is 0.387 e. The van der Waals surface area contributed by atoms with E-state index in [1.165, 1.54) is 0 Å². The van der Waals surface area contributed by atoms with Crippen LogP contribution >= 0.6 is 11.6 Å². The van der Waals surface area contributed by atoms with Gasteiger partial charge in [-0.05, 0) is 24.5 Å². The van der Waals surface area contributed by atoms with E-state index in [1.54, 1.807) is 0 Å². The third-order valence-corrected chi connectivity index (χ3v) is 3.12. The molecular weight excluding hydrogens is 236 g/mol. The normalized spacial score (nSPS) is 13.5. The maximum absolute atomic E-state index is 10.1. The number of nitrogens with zero attached hydrogens (tertiary/aromatic N) is 2. The third kappa shape index (κ3) is 2.17. The second kappa shape index (κ2) is 4.67. The lowest BCUT2D eigenvalue weighted by Gasteiger charge is -2.12. The van der Waals surface area contributed by atoms with Crippen LogP contribution in [0.25, 0.3) is 5.65 Å². The molecule has 3 nitrogen and oxygen atoms in total. The minimum atomic E-state index is -0.499. The van der Waals surface area contributed by atoms with Gasteiger partial charge in [0.1, 0.15) is 5.65 Å². The predicted molar refractivity (Wildman–Crippen MR) is 69.5 cm³/mol. The van der Waals surface area contributed by atoms with Crippen molar-refractivity contribution >= 4 is 17.2 Å². The van der Waals surface area contributed by atoms with Crippen molar-refractivity contribution in [3.8, 4) is 0 Å². The highest BCUT2D eigenvalue weighted by atomic mass is 35.5. The number of halogens is 1. The number of hydrogen-bond donors (Lipinski definition) is 1. The minimum Gasteiger partial charge on any atom is -0.387 e. The fourth-order valence-electron chi connectivity index (χ4n) is 2.00. The number of rotatable bonds is 3. The molecule has 2 aromatic rings. The monoisotopic (exact) mass is 252 g/mol. The first-order chi connectivity index (χ1) is 8.04. The molecule has 2 heterocycles. The van der Waals surface area contributed by atoms with Gasteiger partial charge in [-0.1, -0.05) is 32.4 Å². The topological polar surface area (TPSA) is 37.5 Å². The first-order valence-electron chi connectivity index (χ1n) is 5.90. The Bertz CT molecular complexity index is 533. The second-order valence-corrected chi connectivity index (χ2v) is 4.97. The zero-order chi connectivity index (χ0) is 12.6. The molecule has 0 aromatic carbocycles. The van der Waals surface area contributed by atoms with Crippen molar-refractivity contribution in [3.63, 3.8) is 0 Å². The molecule has 0 bridgehead atoms. The Kier molecular flexibility index (Phi) is 3.40. The van der Waals surface area contributed by atoms with E-state index >= 15 is 0 Å². The summed E-state index contributed by atoms with van der Waals surface area (Å²) in [5.41, 5.74) is 2.64. The third-order valence-electron chi connectivity index (χ3n) is 2.90. The predicted octanol–water partition coefficient (Wildman–Crippen LogP) is 3.55. The van der Waals surface area contributed by atoms with Gasteiger partial charge >= 0.3 is 0 Å². The smallest absolute Gasteiger partial charge is 0.137 e. The molecule has 1 N–H and O–H groups in total. The molecule has 0 saturated heterocycles. The maximum atomic E-state index is 10.1. The van der Waals surface area contributed by atoms with Crippen molar-refractivity contribution < 1.29 is 5.11 Å². The van der Waals surface area contributed by atoms with Gasteiger partial charge in [-0.25, -0.2) is 4.98 Å². The summed E-state index contributed by atoms with van der Waals surface area (Å²) in [6, 6.07) is 3.69. The summed E-state index contributed by atoms with van der Waals surface area (Å²) < 4.78 is 1.89. The Balaban J connectivity index is 2.73. The summed E-state index contributed by atoms with van der Waals surface area (Å²) in [6.07, 6.45) is 1.98. The highest BCUT2D eigenvalue weighted by molar-refractivity contribution is 6.30. The van der Waals surface area contributed by atoms with Crippen LogP contribution in [0.3, 0.4) is 0 Å². The van der Waals surface area contributed by atoms with E-state index in [2.05, 4.69) is 18.8 Å². The summed E-state index contributed by atoms with van der Waals surface area (Å²) in [4.78, 5) is 4.57. The number of aliphatic hydroxyl groups is 1. The number of aromatic nitrogens is 2. The molecule has 2 aromatic heterocycles. The zero-order valence-electron chi connectivity index (χ0n) is 10.3. The van der Waals surface area contributed by atoms with Gasteiger partial charge < -0.3 is 5.11 Å². The second-order valence-electron chi connectivity index (χ2n) is 4.54. The van der Waals surface area contributed by atoms with E-state index in [9.17, 15) is 5.11 Å². The summed E-state index contributed by atoms with van der Waals surface area (Å²) in [7, 11) is 0. The fourth-order valence-corrected chi connectivity index (χ4v) is 2.17. The Morgan fingerprint density at radius 2 is 2.12 bits per heavy atom. The molecule has 4 heteroatoms. The molecule has 0 amide bonds. The summed E-state index contributed by atoms with van der Waals surface area (Å²) >= 11 is 6.00. The molecule has 0 saturated carbocycles. The van der Waals surface area contributed by atoms with Crippen molar-refractivity contribution in [1.29, 1.82) is 0 Å². The van der Waals surface area contributed by atoms with E-state index < -0.39 is 6.10 Å². The molecule has 1 unspecified atom stereocenters. The summed E-state index contributed by atoms with van der Waals surface area (Å²) in [5.74, 6) is 0.282. The van der Waals surface area contributed by atoms with Crippen molar-refractivity contribution in [3.05, 3.63) is 34.7 Å². The first-order valence-corrected chi connectivity index (χ1v) is 6.27. The van der Waals surface area contributed by atoms with Crippen LogP contribution in [0, 0.1) is 0 Å². The van der Waals surface area contributed by atoms with Gasteiger partial charge in [-0.15, -0.1) is 0 Å². The van der Waals surface area contributed by atoms with Crippen LogP contribution in [0.2, 0.25) is 5.02 Å². The number of imidazole rings is 1. The Labute approximate surface area is 106 Å². The van der Waals surface area contributed by atoms with E-state index in [0.29, 0.717) is 11.4 Å². The molecule has 1 atom stereocenters. The average Bonchev–Trinajstić information content (AvgIpc) is 2.66. The van der Waals surface area contributed by atoms with Gasteiger partial charge in [0, 0.05) is 6.20 Å². The van der Waals surface area contributed by atoms with Gasteiger partial charge in [0.05, 0.1) is 22.5 Å². The highest BCUT2D eigenvalue weighted by Crippen LogP contribution is 2.28. The Morgan fingerprint density at radius 1 is 1.41 bits per heavy atom. The van der Waals surface area contributed by atoms with Crippen LogP contribution in [-0.4, -0.2) is 14.5 Å². The molecule has 0 aliphatic heterocycles. The quantitative estimate of drug-likeness (QED) is 0.907. The maximum Gasteiger partial charge on any atom is 0.137 e. The molecule has 0 aliphatic rings. The fraction of sp³-hybridized carbons (Fsp3) is 0.462. The van der Waals surface area contributed by atoms with E-state index in [1.807, 2.05) is 29.7 Å². The molecular formula is C13H17ClN2O. The van der Waals surface area contributed by atoms with Crippen molar-refractivity contribution in [2.75, 3.05) is 0 Å². The number of hydrogen-bond acceptors (Lipinski definition) is 2. The minimum absolute atomic E-state index is 0.282. The molecule has 92 valence electrons. The standard InChI is InChI=1S/C13H17ClN2O/c1-4-10(17)13-12(8(2)3)15-11-6-5-9(14)7-16(11)13/h5-8,10,17H,4H2,1-3H3. The lowest BCUT2D eigenvalue weighted by atomic mass is 10.0. The average molecular weight is 253 g/mol. The number of pyridine rings is 1. The summed E-state index contributed by atoms with van der Waals surface area (Å²) in [5, 5.41) is 10.8. The molecule has 0 spiro atoms. The molecule has 17 heavy (non-hydrogen) atoms. The highest BCUT2D eigenvalue weighted by Gasteiger charge is 2.20. The van der Waals surface area contributed by atoms with Gasteiger partial charge in [0.2, 0.25) is 0 Å². The van der Waals surface area contributed by atoms with Crippen LogP contribution in [0.15, 0.2) is 18.3 Å². The van der Waals surface area contributed by atoms with Crippen LogP contribution in [-0.2, 0) is 0 Å². The van der Waals surface area contributed by atoms with Crippen LogP contribution < -0.4 is 0 Å². The van der Waals surface area contributed by atoms with Gasteiger partial charge in [-0.3, -0.25) is 4.40 Å². The van der Waals surface area contributed by atoms with Crippen LogP contribution in [0.5, 0.6) is 0 Å². The number of aliphatic hydroxyl groups excluding tert-OH is 1. The van der Waals surface area contributed by atoms with Crippen LogP contribution in [0.4, 0.5) is 0 Å². The number of fused-ring (bicyclic) bond motifs is 1. The summed E-state index contributed by atoms with van der Waals surface area (Å²) in [6.45, 7) is 6.11. The Morgan fingerprint density at radius 3 is 2.71 bits per heavy atom. The molecule has 0 fully saturated rings.